The second kappa shape index (κ2) is 4.94. The van der Waals surface area contributed by atoms with Crippen LogP contribution in [0.4, 0.5) is 5.69 Å². The number of anilines is 1. The van der Waals surface area contributed by atoms with Crippen LogP contribution in [0.25, 0.3) is 10.9 Å². The molecule has 1 aliphatic rings. The summed E-state index contributed by atoms with van der Waals surface area (Å²) in [5.41, 5.74) is 2.31. The van der Waals surface area contributed by atoms with Gasteiger partial charge in [-0.05, 0) is 25.5 Å². The normalized spacial score (nSPS) is 20.9. The average Bonchev–Trinajstić information content (AvgIpc) is 2.63. The van der Waals surface area contributed by atoms with Gasteiger partial charge in [0.15, 0.2) is 0 Å². The van der Waals surface area contributed by atoms with E-state index in [9.17, 15) is 0 Å². The highest BCUT2D eigenvalue weighted by Gasteiger charge is 2.13. The molecule has 0 bridgehead atoms. The number of pyridine rings is 1. The van der Waals surface area contributed by atoms with Gasteiger partial charge in [-0.15, -0.1) is 0 Å². The average molecular weight is 241 g/mol. The van der Waals surface area contributed by atoms with Crippen LogP contribution in [0.15, 0.2) is 36.5 Å². The molecule has 1 atom stereocenters. The minimum atomic E-state index is 0.614. The molecule has 94 valence electrons. The fourth-order valence-electron chi connectivity index (χ4n) is 2.50. The third-order valence-electron chi connectivity index (χ3n) is 3.65. The Balaban J connectivity index is 1.89. The quantitative estimate of drug-likeness (QED) is 0.831. The van der Waals surface area contributed by atoms with Crippen LogP contribution in [0.5, 0.6) is 0 Å². The second-order valence-corrected chi connectivity index (χ2v) is 5.02. The van der Waals surface area contributed by atoms with Crippen molar-refractivity contribution in [1.82, 2.24) is 10.3 Å². The summed E-state index contributed by atoms with van der Waals surface area (Å²) < 4.78 is 0. The topological polar surface area (TPSA) is 28.2 Å². The molecule has 3 nitrogen and oxygen atoms in total. The standard InChI is InChI=1S/C15H19N3/c1-12-6-8-18(9-7-16-12)14-10-13-4-2-3-5-15(13)17-11-14/h2-5,10-12,16H,6-9H2,1H3. The highest BCUT2D eigenvalue weighted by molar-refractivity contribution is 5.81. The molecule has 1 unspecified atom stereocenters. The van der Waals surface area contributed by atoms with Crippen LogP contribution in [0, 0.1) is 0 Å². The summed E-state index contributed by atoms with van der Waals surface area (Å²) >= 11 is 0. The lowest BCUT2D eigenvalue weighted by atomic mass is 10.2. The zero-order valence-corrected chi connectivity index (χ0v) is 10.8. The Morgan fingerprint density at radius 2 is 2.17 bits per heavy atom. The van der Waals surface area contributed by atoms with Crippen LogP contribution in [-0.2, 0) is 0 Å². The van der Waals surface area contributed by atoms with E-state index < -0.39 is 0 Å². The minimum Gasteiger partial charge on any atom is -0.369 e. The van der Waals surface area contributed by atoms with E-state index in [0.29, 0.717) is 6.04 Å². The van der Waals surface area contributed by atoms with Crippen molar-refractivity contribution in [2.24, 2.45) is 0 Å². The largest absolute Gasteiger partial charge is 0.369 e. The van der Waals surface area contributed by atoms with Crippen LogP contribution in [0.3, 0.4) is 0 Å². The molecule has 0 aliphatic carbocycles. The van der Waals surface area contributed by atoms with E-state index in [4.69, 9.17) is 0 Å². The SMILES string of the molecule is CC1CCN(c2cnc3ccccc3c2)CCN1. The Bertz CT molecular complexity index is 538. The van der Waals surface area contributed by atoms with E-state index in [1.807, 2.05) is 12.3 Å². The summed E-state index contributed by atoms with van der Waals surface area (Å²) in [6.07, 6.45) is 3.19. The van der Waals surface area contributed by atoms with Crippen LogP contribution in [0.1, 0.15) is 13.3 Å². The number of nitrogens with one attached hydrogen (secondary N) is 1. The van der Waals surface area contributed by atoms with E-state index in [2.05, 4.69) is 46.4 Å². The fourth-order valence-corrected chi connectivity index (χ4v) is 2.50. The molecule has 18 heavy (non-hydrogen) atoms. The summed E-state index contributed by atoms with van der Waals surface area (Å²) in [6, 6.07) is 11.2. The Labute approximate surface area is 108 Å². The molecule has 0 radical (unpaired) electrons. The molecule has 3 heteroatoms. The summed E-state index contributed by atoms with van der Waals surface area (Å²) in [5, 5.41) is 4.74. The van der Waals surface area contributed by atoms with Crippen molar-refractivity contribution in [2.45, 2.75) is 19.4 Å². The summed E-state index contributed by atoms with van der Waals surface area (Å²) in [6.45, 7) is 5.47. The minimum absolute atomic E-state index is 0.614. The number of benzene rings is 1. The van der Waals surface area contributed by atoms with Gasteiger partial charge in [-0.3, -0.25) is 4.98 Å². The van der Waals surface area contributed by atoms with Gasteiger partial charge in [-0.2, -0.15) is 0 Å². The number of para-hydroxylation sites is 1. The number of aromatic nitrogens is 1. The number of nitrogens with zero attached hydrogens (tertiary/aromatic N) is 2. The lowest BCUT2D eigenvalue weighted by Gasteiger charge is -2.22. The Morgan fingerprint density at radius 3 is 3.11 bits per heavy atom. The molecule has 2 heterocycles. The number of rotatable bonds is 1. The van der Waals surface area contributed by atoms with Gasteiger partial charge in [-0.25, -0.2) is 0 Å². The van der Waals surface area contributed by atoms with Gasteiger partial charge in [0.05, 0.1) is 17.4 Å². The number of hydrogen-bond donors (Lipinski definition) is 1. The number of fused-ring (bicyclic) bond motifs is 1. The predicted octanol–water partition coefficient (Wildman–Crippen LogP) is 2.42. The lowest BCUT2D eigenvalue weighted by Crippen LogP contribution is -2.29. The van der Waals surface area contributed by atoms with Crippen molar-refractivity contribution in [3.63, 3.8) is 0 Å². The summed E-state index contributed by atoms with van der Waals surface area (Å²) in [7, 11) is 0. The first kappa shape index (κ1) is 11.5. The monoisotopic (exact) mass is 241 g/mol. The molecular weight excluding hydrogens is 222 g/mol. The third kappa shape index (κ3) is 2.31. The zero-order chi connectivity index (χ0) is 12.4. The van der Waals surface area contributed by atoms with E-state index >= 15 is 0 Å². The van der Waals surface area contributed by atoms with Gasteiger partial charge in [0.25, 0.3) is 0 Å². The van der Waals surface area contributed by atoms with Crippen molar-refractivity contribution in [3.8, 4) is 0 Å². The zero-order valence-electron chi connectivity index (χ0n) is 10.8. The van der Waals surface area contributed by atoms with Gasteiger partial charge < -0.3 is 10.2 Å². The van der Waals surface area contributed by atoms with E-state index in [-0.39, 0.29) is 0 Å². The molecule has 1 fully saturated rings. The Hall–Kier alpha value is -1.61. The number of hydrogen-bond acceptors (Lipinski definition) is 3. The molecule has 1 saturated heterocycles. The van der Waals surface area contributed by atoms with Gasteiger partial charge in [0.2, 0.25) is 0 Å². The Morgan fingerprint density at radius 1 is 1.28 bits per heavy atom. The van der Waals surface area contributed by atoms with Crippen LogP contribution in [0.2, 0.25) is 0 Å². The van der Waals surface area contributed by atoms with E-state index in [0.717, 1.165) is 25.2 Å². The van der Waals surface area contributed by atoms with Gasteiger partial charge in [0.1, 0.15) is 0 Å². The lowest BCUT2D eigenvalue weighted by molar-refractivity contribution is 0.566. The molecule has 1 aromatic carbocycles. The van der Waals surface area contributed by atoms with Gasteiger partial charge in [0, 0.05) is 31.1 Å². The van der Waals surface area contributed by atoms with Crippen LogP contribution in [-0.4, -0.2) is 30.7 Å². The van der Waals surface area contributed by atoms with Crippen molar-refractivity contribution < 1.29 is 0 Å². The highest BCUT2D eigenvalue weighted by atomic mass is 15.2. The molecule has 1 N–H and O–H groups in total. The van der Waals surface area contributed by atoms with E-state index in [1.54, 1.807) is 0 Å². The summed E-state index contributed by atoms with van der Waals surface area (Å²) in [4.78, 5) is 6.97. The first-order chi connectivity index (χ1) is 8.83. The van der Waals surface area contributed by atoms with Crippen molar-refractivity contribution in [3.05, 3.63) is 36.5 Å². The second-order valence-electron chi connectivity index (χ2n) is 5.02. The van der Waals surface area contributed by atoms with Gasteiger partial charge in [-0.1, -0.05) is 18.2 Å². The first-order valence-electron chi connectivity index (χ1n) is 6.66. The van der Waals surface area contributed by atoms with Crippen LogP contribution < -0.4 is 10.2 Å². The maximum atomic E-state index is 4.54. The Kier molecular flexibility index (Phi) is 3.15. The molecular formula is C15H19N3. The molecule has 0 saturated carbocycles. The summed E-state index contributed by atoms with van der Waals surface area (Å²) in [5.74, 6) is 0. The fraction of sp³-hybridized carbons (Fsp3) is 0.400. The van der Waals surface area contributed by atoms with Crippen molar-refractivity contribution >= 4 is 16.6 Å². The van der Waals surface area contributed by atoms with Crippen LogP contribution >= 0.6 is 0 Å². The maximum Gasteiger partial charge on any atom is 0.0703 e. The maximum absolute atomic E-state index is 4.54. The first-order valence-corrected chi connectivity index (χ1v) is 6.66. The van der Waals surface area contributed by atoms with Gasteiger partial charge >= 0.3 is 0 Å². The molecule has 0 amide bonds. The molecule has 0 spiro atoms. The third-order valence-corrected chi connectivity index (χ3v) is 3.65. The van der Waals surface area contributed by atoms with Crippen molar-refractivity contribution in [1.29, 1.82) is 0 Å². The molecule has 1 aromatic heterocycles. The predicted molar refractivity (Wildman–Crippen MR) is 76.0 cm³/mol. The molecule has 2 aromatic rings. The molecule has 3 rings (SSSR count). The smallest absolute Gasteiger partial charge is 0.0703 e. The van der Waals surface area contributed by atoms with Crippen molar-refractivity contribution in [2.75, 3.05) is 24.5 Å². The van der Waals surface area contributed by atoms with E-state index in [1.165, 1.54) is 17.5 Å². The molecule has 1 aliphatic heterocycles. The highest BCUT2D eigenvalue weighted by Crippen LogP contribution is 2.20.